The van der Waals surface area contributed by atoms with Crippen LogP contribution in [-0.2, 0) is 85.9 Å². The second-order valence-electron chi connectivity index (χ2n) is 30.2. The highest BCUT2D eigenvalue weighted by molar-refractivity contribution is 5.97. The van der Waals surface area contributed by atoms with Crippen molar-refractivity contribution >= 4 is 77.0 Å². The van der Waals surface area contributed by atoms with Crippen LogP contribution in [0.1, 0.15) is 177 Å². The minimum Gasteiger partial charge on any atom is -0.455 e. The van der Waals surface area contributed by atoms with E-state index in [2.05, 4.69) is 111 Å². The zero-order valence-electron chi connectivity index (χ0n) is 68.7. The van der Waals surface area contributed by atoms with Gasteiger partial charge in [0, 0.05) is 63.6 Å². The first-order valence-corrected chi connectivity index (χ1v) is 40.3. The highest BCUT2D eigenvalue weighted by Gasteiger charge is 2.78. The van der Waals surface area contributed by atoms with E-state index in [1.807, 2.05) is 12.2 Å². The summed E-state index contributed by atoms with van der Waals surface area (Å²) in [6, 6.07) is 20.7. The Morgan fingerprint density at radius 2 is 1.18 bits per heavy atom. The van der Waals surface area contributed by atoms with Crippen molar-refractivity contribution in [3.63, 3.8) is 0 Å². The minimum absolute atomic E-state index is 0.0192. The number of terminal acetylenes is 1. The molecule has 7 rings (SSSR count). The van der Waals surface area contributed by atoms with Gasteiger partial charge >= 0.3 is 29.8 Å². The van der Waals surface area contributed by atoms with Gasteiger partial charge in [-0.15, -0.1) is 12.3 Å². The average Bonchev–Trinajstić information content (AvgIpc) is 0.668. The summed E-state index contributed by atoms with van der Waals surface area (Å²) in [4.78, 5) is 179. The van der Waals surface area contributed by atoms with Gasteiger partial charge in [-0.05, 0) is 125 Å². The quantitative estimate of drug-likeness (QED) is 0.00872. The van der Waals surface area contributed by atoms with Crippen LogP contribution in [0.4, 0.5) is 0 Å². The molecule has 1 saturated heterocycles. The fraction of sp³-hybridized carbons (Fsp3) is 0.478. The molecule has 3 aromatic rings. The molecule has 2 saturated carbocycles. The predicted molar refractivity (Wildman–Crippen MR) is 439 cm³/mol. The lowest BCUT2D eigenvalue weighted by Gasteiger charge is -2.67. The molecular weight excluding hydrogens is 1530 g/mol. The SMILES string of the molecule is C#CCCCNC(=O)[C@H](CCCCNC(=O)CNC(=O)CNC(=O)CNC(=O)COCC(=O)O[C@@H](C(=O)O[C@H]1C[C@@]2(O)[C@@H](OC(=O)c3ccccc3)[C@@H]3[C@]4(OC(C)=O)CO[C@@H]4C[C@H](O)[C@@]3(C)C(=O)[C@H](OC(C)=O)C(=C1C)C2(C)C)C(NC(=O)c1ccccc1)c1ccccc1)NC(=O)CC/C=C\C/C=C\C/C=C\C/C=C\C/C=C\C/C=C\CC. The van der Waals surface area contributed by atoms with Crippen LogP contribution in [0.15, 0.2) is 175 Å². The minimum atomic E-state index is -2.59. The summed E-state index contributed by atoms with van der Waals surface area (Å²) in [5.74, 6) is -10.2. The van der Waals surface area contributed by atoms with Gasteiger partial charge in [0.15, 0.2) is 17.5 Å². The maximum atomic E-state index is 15.9. The van der Waals surface area contributed by atoms with E-state index < -0.39 is 188 Å². The van der Waals surface area contributed by atoms with Crippen LogP contribution >= 0.6 is 0 Å². The Hall–Kier alpha value is -11.5. The van der Waals surface area contributed by atoms with Gasteiger partial charge in [-0.25, -0.2) is 14.4 Å². The molecule has 0 radical (unpaired) electrons. The Morgan fingerprint density at radius 1 is 0.630 bits per heavy atom. The number of aliphatic hydroxyl groups is 2. The molecule has 9 N–H and O–H groups in total. The van der Waals surface area contributed by atoms with E-state index in [1.165, 1.54) is 64.1 Å². The van der Waals surface area contributed by atoms with Gasteiger partial charge in [0.1, 0.15) is 49.2 Å². The van der Waals surface area contributed by atoms with E-state index in [4.69, 9.17) is 39.6 Å². The molecule has 2 bridgehead atoms. The molecule has 1 aliphatic heterocycles. The number of benzene rings is 3. The van der Waals surface area contributed by atoms with E-state index in [9.17, 15) is 63.0 Å². The monoisotopic (exact) mass is 1640 g/mol. The van der Waals surface area contributed by atoms with Crippen molar-refractivity contribution in [3.8, 4) is 12.3 Å². The van der Waals surface area contributed by atoms with Gasteiger partial charge in [0.05, 0.1) is 49.2 Å². The number of hydrogen-bond donors (Lipinski definition) is 9. The summed E-state index contributed by atoms with van der Waals surface area (Å²) in [6.07, 6.45) is 27.1. The molecule has 4 aliphatic rings. The zero-order chi connectivity index (χ0) is 86.6. The van der Waals surface area contributed by atoms with Crippen LogP contribution in [0, 0.1) is 29.1 Å². The fourth-order valence-corrected chi connectivity index (χ4v) is 15.1. The number of Topliss-reactive ketones (excluding diaryl/α,β-unsaturated/α-hetero) is 1. The molecule has 119 heavy (non-hydrogen) atoms. The lowest BCUT2D eigenvalue weighted by molar-refractivity contribution is -0.346. The number of rotatable bonds is 45. The van der Waals surface area contributed by atoms with Gasteiger partial charge in [-0.2, -0.15) is 0 Å². The van der Waals surface area contributed by atoms with Crippen molar-refractivity contribution in [3.05, 3.63) is 192 Å². The summed E-state index contributed by atoms with van der Waals surface area (Å²) in [7, 11) is 0. The third-order valence-electron chi connectivity index (χ3n) is 21.3. The highest BCUT2D eigenvalue weighted by Crippen LogP contribution is 2.64. The first-order valence-electron chi connectivity index (χ1n) is 40.3. The van der Waals surface area contributed by atoms with Crippen molar-refractivity contribution in [2.75, 3.05) is 52.5 Å². The molecule has 12 atom stereocenters. The van der Waals surface area contributed by atoms with E-state index in [0.717, 1.165) is 46.0 Å². The number of fused-ring (bicyclic) bond motifs is 5. The second kappa shape index (κ2) is 47.2. The number of hydrogen-bond acceptors (Lipinski definition) is 22. The third-order valence-corrected chi connectivity index (χ3v) is 21.3. The Labute approximate surface area is 694 Å². The molecule has 3 aliphatic carbocycles. The number of carbonyl (C=O) groups is 13. The van der Waals surface area contributed by atoms with Crippen LogP contribution in [-0.4, -0.2) is 194 Å². The number of esters is 5. The molecule has 640 valence electrons. The number of amides is 7. The number of nitrogens with one attached hydrogen (secondary N) is 7. The van der Waals surface area contributed by atoms with Gasteiger partial charge in [-0.1, -0.05) is 160 Å². The lowest BCUT2D eigenvalue weighted by atomic mass is 9.44. The molecule has 1 unspecified atom stereocenters. The van der Waals surface area contributed by atoms with Crippen LogP contribution in [0.5, 0.6) is 0 Å². The summed E-state index contributed by atoms with van der Waals surface area (Å²) in [5, 5.41) is 44.5. The highest BCUT2D eigenvalue weighted by atomic mass is 16.6. The number of unbranched alkanes of at least 4 members (excludes halogenated alkanes) is 2. The Morgan fingerprint density at radius 3 is 1.73 bits per heavy atom. The first kappa shape index (κ1) is 94.7. The summed E-state index contributed by atoms with van der Waals surface area (Å²) in [5.41, 5.74) is -8.38. The smallest absolute Gasteiger partial charge is 0.350 e. The van der Waals surface area contributed by atoms with E-state index in [0.29, 0.717) is 45.1 Å². The molecule has 7 amide bonds. The maximum absolute atomic E-state index is 15.9. The topological polar surface area (TPSA) is 411 Å². The van der Waals surface area contributed by atoms with Gasteiger partial charge < -0.3 is 80.6 Å². The number of aliphatic hydroxyl groups excluding tert-OH is 1. The Bertz CT molecular complexity index is 4280. The number of allylic oxidation sites excluding steroid dienone is 12. The number of ketones is 1. The standard InChI is InChI=1S/C90H113N7O22/c1-9-11-13-14-15-16-17-18-19-20-21-22-23-24-25-26-27-28-38-49-70(101)96-66(84(109)92-51-40-12-10-2)48-39-41-50-91-71(102)54-93-72(103)55-94-73(104)56-95-74(105)57-113-58-75(106)117-79(77(63-42-32-29-33-43-63)97-83(108)64-44-34-30-35-45-64)86(111)116-67-53-90(112)82(118-85(110)65-46-36-31-37-47-65)80-88(8,68(100)52-69-89(80,59-114-69)119-62(5)99)81(107)78(115-61(4)98)76(60(67)3)87(90,6)7/h2,11,13,15-16,18-19,21-22,24-25,27-37,42-47,66-69,77-80,82,100,112H,9,12,14,17,20,23,26,38-41,48-59H2,1,3-8H3,(H,91,102)(H,92,109)(H,93,103)(H,94,104)(H,95,105)(H,96,101)(H,97,108)/b13-11-,16-15-,19-18-,22-21-,25-24-,28-27-/t66-,67-,68-,69+,77?,78+,79+,80-,82-,88+,89-,90+/m0/s1. The number of carbonyl (C=O) groups excluding carboxylic acids is 13. The summed E-state index contributed by atoms with van der Waals surface area (Å²) in [6.45, 7) is 6.45. The van der Waals surface area contributed by atoms with Crippen molar-refractivity contribution in [2.45, 2.75) is 205 Å². The molecule has 0 spiro atoms. The maximum Gasteiger partial charge on any atom is 0.350 e. The van der Waals surface area contributed by atoms with Crippen LogP contribution in [0.2, 0.25) is 0 Å². The molecule has 1 heterocycles. The zero-order valence-corrected chi connectivity index (χ0v) is 68.7. The second-order valence-corrected chi connectivity index (χ2v) is 30.2. The molecule has 3 fully saturated rings. The van der Waals surface area contributed by atoms with Crippen LogP contribution < -0.4 is 37.2 Å². The Kier molecular flexibility index (Phi) is 37.6. The predicted octanol–water partition coefficient (Wildman–Crippen LogP) is 7.43. The molecule has 29 nitrogen and oxygen atoms in total. The molecule has 29 heteroatoms. The van der Waals surface area contributed by atoms with Crippen LogP contribution in [0.25, 0.3) is 0 Å². The first-order chi connectivity index (χ1) is 57.0. The lowest BCUT2D eigenvalue weighted by Crippen LogP contribution is -2.82. The van der Waals surface area contributed by atoms with Crippen molar-refractivity contribution in [1.82, 2.24) is 37.2 Å². The average molecular weight is 1640 g/mol. The molecule has 0 aromatic heterocycles. The fourth-order valence-electron chi connectivity index (χ4n) is 15.1. The van der Waals surface area contributed by atoms with Crippen molar-refractivity contribution in [1.29, 1.82) is 0 Å². The molecular formula is C90H113N7O22. The van der Waals surface area contributed by atoms with E-state index >= 15 is 9.59 Å². The van der Waals surface area contributed by atoms with Crippen molar-refractivity contribution < 1.29 is 106 Å². The van der Waals surface area contributed by atoms with Crippen molar-refractivity contribution in [2.24, 2.45) is 16.7 Å². The van der Waals surface area contributed by atoms with Gasteiger partial charge in [0.25, 0.3) is 5.91 Å². The van der Waals surface area contributed by atoms with E-state index in [-0.39, 0.29) is 65.5 Å². The Balaban J connectivity index is 0.931. The van der Waals surface area contributed by atoms with Gasteiger partial charge in [0.2, 0.25) is 41.5 Å². The normalized spacial score (nSPS) is 22.5. The number of ether oxygens (including phenoxy) is 7. The summed E-state index contributed by atoms with van der Waals surface area (Å²) >= 11 is 0. The van der Waals surface area contributed by atoms with Gasteiger partial charge in [-0.3, -0.25) is 47.9 Å². The van der Waals surface area contributed by atoms with E-state index in [1.54, 1.807) is 54.6 Å². The largest absolute Gasteiger partial charge is 0.455 e. The van der Waals surface area contributed by atoms with Crippen LogP contribution in [0.3, 0.4) is 0 Å². The summed E-state index contributed by atoms with van der Waals surface area (Å²) < 4.78 is 42.2. The molecule has 3 aromatic carbocycles. The third kappa shape index (κ3) is 27.0.